The Balaban J connectivity index is 1.92. The van der Waals surface area contributed by atoms with Crippen LogP contribution in [0.15, 0.2) is 41.3 Å². The topological polar surface area (TPSA) is 67.2 Å². The van der Waals surface area contributed by atoms with Crippen molar-refractivity contribution in [3.63, 3.8) is 0 Å². The highest BCUT2D eigenvalue weighted by Gasteiger charge is 2.06. The van der Waals surface area contributed by atoms with Crippen LogP contribution in [0.4, 0.5) is 5.69 Å². The summed E-state index contributed by atoms with van der Waals surface area (Å²) in [6.07, 6.45) is 3.06. The number of benzene rings is 1. The van der Waals surface area contributed by atoms with Crippen molar-refractivity contribution in [2.24, 2.45) is 0 Å². The maximum Gasteiger partial charge on any atom is 0.251 e. The minimum Gasteiger partial charge on any atom is -0.447 e. The van der Waals surface area contributed by atoms with Crippen molar-refractivity contribution >= 4 is 11.6 Å². The number of amides is 1. The second-order valence-corrected chi connectivity index (χ2v) is 4.53. The van der Waals surface area contributed by atoms with Gasteiger partial charge in [0.05, 0.1) is 12.7 Å². The summed E-state index contributed by atoms with van der Waals surface area (Å²) in [5, 5.41) is 6.04. The molecule has 0 atom stereocenters. The molecule has 100 valence electrons. The van der Waals surface area contributed by atoms with Gasteiger partial charge in [-0.1, -0.05) is 0 Å². The molecule has 0 aliphatic rings. The molecule has 0 saturated heterocycles. The number of rotatable bonds is 5. The van der Waals surface area contributed by atoms with E-state index in [1.807, 2.05) is 26.0 Å². The Morgan fingerprint density at radius 3 is 2.63 bits per heavy atom. The Hall–Kier alpha value is -2.30. The molecule has 0 fully saturated rings. The van der Waals surface area contributed by atoms with Crippen LogP contribution < -0.4 is 10.6 Å². The van der Waals surface area contributed by atoms with Crippen molar-refractivity contribution in [3.05, 3.63) is 48.2 Å². The third kappa shape index (κ3) is 3.84. The van der Waals surface area contributed by atoms with E-state index in [0.717, 1.165) is 11.4 Å². The summed E-state index contributed by atoms with van der Waals surface area (Å²) in [6.45, 7) is 4.44. The average molecular weight is 259 g/mol. The Bertz CT molecular complexity index is 518. The van der Waals surface area contributed by atoms with Gasteiger partial charge in [0.1, 0.15) is 5.76 Å². The van der Waals surface area contributed by atoms with Crippen LogP contribution in [-0.4, -0.2) is 16.9 Å². The summed E-state index contributed by atoms with van der Waals surface area (Å²) in [6, 6.07) is 7.45. The molecule has 19 heavy (non-hydrogen) atoms. The number of hydrogen-bond donors (Lipinski definition) is 2. The molecule has 0 saturated carbocycles. The van der Waals surface area contributed by atoms with E-state index in [-0.39, 0.29) is 11.9 Å². The molecule has 0 bridgehead atoms. The largest absolute Gasteiger partial charge is 0.447 e. The molecule has 1 aromatic carbocycles. The molecule has 2 aromatic rings. The molecular formula is C14H17N3O2. The summed E-state index contributed by atoms with van der Waals surface area (Å²) in [5.41, 5.74) is 1.58. The first-order valence-corrected chi connectivity index (χ1v) is 6.17. The predicted molar refractivity (Wildman–Crippen MR) is 72.9 cm³/mol. The summed E-state index contributed by atoms with van der Waals surface area (Å²) < 4.78 is 5.12. The zero-order valence-corrected chi connectivity index (χ0v) is 11.0. The molecule has 0 spiro atoms. The van der Waals surface area contributed by atoms with Gasteiger partial charge in [0.15, 0.2) is 6.39 Å². The van der Waals surface area contributed by atoms with E-state index in [4.69, 9.17) is 4.42 Å². The lowest BCUT2D eigenvalue weighted by atomic mass is 10.2. The molecule has 2 rings (SSSR count). The number of nitrogens with zero attached hydrogens (tertiary/aromatic N) is 1. The fourth-order valence-corrected chi connectivity index (χ4v) is 1.60. The Labute approximate surface area is 112 Å². The number of hydrogen-bond acceptors (Lipinski definition) is 4. The van der Waals surface area contributed by atoms with E-state index >= 15 is 0 Å². The van der Waals surface area contributed by atoms with Crippen LogP contribution in [0.25, 0.3) is 0 Å². The second kappa shape index (κ2) is 6.04. The van der Waals surface area contributed by atoms with Gasteiger partial charge < -0.3 is 15.1 Å². The normalized spacial score (nSPS) is 10.5. The summed E-state index contributed by atoms with van der Waals surface area (Å²) in [5.74, 6) is 0.707. The molecule has 0 radical (unpaired) electrons. The molecule has 1 aromatic heterocycles. The molecule has 1 heterocycles. The zero-order valence-electron chi connectivity index (χ0n) is 11.0. The van der Waals surface area contributed by atoms with Crippen LogP contribution >= 0.6 is 0 Å². The van der Waals surface area contributed by atoms with Crippen molar-refractivity contribution in [3.8, 4) is 0 Å². The molecule has 0 aliphatic heterocycles. The van der Waals surface area contributed by atoms with Crippen LogP contribution in [-0.2, 0) is 6.54 Å². The van der Waals surface area contributed by atoms with Gasteiger partial charge >= 0.3 is 0 Å². The maximum atomic E-state index is 11.8. The van der Waals surface area contributed by atoms with Crippen molar-refractivity contribution in [1.82, 2.24) is 10.3 Å². The van der Waals surface area contributed by atoms with E-state index in [0.29, 0.717) is 12.1 Å². The van der Waals surface area contributed by atoms with Crippen molar-refractivity contribution in [2.75, 3.05) is 5.32 Å². The highest BCUT2D eigenvalue weighted by Crippen LogP contribution is 2.11. The first kappa shape index (κ1) is 13.1. The Kier molecular flexibility index (Phi) is 4.18. The van der Waals surface area contributed by atoms with E-state index < -0.39 is 0 Å². The Morgan fingerprint density at radius 2 is 2.05 bits per heavy atom. The number of aromatic nitrogens is 1. The maximum absolute atomic E-state index is 11.8. The summed E-state index contributed by atoms with van der Waals surface area (Å²) in [7, 11) is 0. The first-order valence-electron chi connectivity index (χ1n) is 6.17. The van der Waals surface area contributed by atoms with Gasteiger partial charge in [-0.25, -0.2) is 4.98 Å². The second-order valence-electron chi connectivity index (χ2n) is 4.53. The fourth-order valence-electron chi connectivity index (χ4n) is 1.60. The molecule has 2 N–H and O–H groups in total. The highest BCUT2D eigenvalue weighted by molar-refractivity contribution is 5.94. The SMILES string of the molecule is CC(C)NC(=O)c1ccc(NCc2cnco2)cc1. The van der Waals surface area contributed by atoms with E-state index in [1.165, 1.54) is 6.39 Å². The third-order valence-electron chi connectivity index (χ3n) is 2.52. The van der Waals surface area contributed by atoms with Crippen LogP contribution in [0, 0.1) is 0 Å². The first-order chi connectivity index (χ1) is 9.15. The van der Waals surface area contributed by atoms with Crippen LogP contribution in [0.1, 0.15) is 30.0 Å². The minimum atomic E-state index is -0.0585. The monoisotopic (exact) mass is 259 g/mol. The lowest BCUT2D eigenvalue weighted by Crippen LogP contribution is -2.29. The predicted octanol–water partition coefficient (Wildman–Crippen LogP) is 2.42. The fraction of sp³-hybridized carbons (Fsp3) is 0.286. The Morgan fingerprint density at radius 1 is 1.32 bits per heavy atom. The molecule has 0 unspecified atom stereocenters. The van der Waals surface area contributed by atoms with Gasteiger partial charge in [-0.2, -0.15) is 0 Å². The standard InChI is InChI=1S/C14H17N3O2/c1-10(2)17-14(18)11-3-5-12(6-4-11)16-8-13-7-15-9-19-13/h3-7,9-10,16H,8H2,1-2H3,(H,17,18). The highest BCUT2D eigenvalue weighted by atomic mass is 16.3. The van der Waals surface area contributed by atoms with Gasteiger partial charge in [-0.3, -0.25) is 4.79 Å². The smallest absolute Gasteiger partial charge is 0.251 e. The quantitative estimate of drug-likeness (QED) is 0.865. The van der Waals surface area contributed by atoms with Gasteiger partial charge in [0.25, 0.3) is 5.91 Å². The van der Waals surface area contributed by atoms with Gasteiger partial charge in [0.2, 0.25) is 0 Å². The van der Waals surface area contributed by atoms with E-state index in [2.05, 4.69) is 15.6 Å². The molecule has 1 amide bonds. The number of carbonyl (C=O) groups is 1. The average Bonchev–Trinajstić information content (AvgIpc) is 2.89. The number of oxazole rings is 1. The van der Waals surface area contributed by atoms with Gasteiger partial charge in [-0.05, 0) is 38.1 Å². The van der Waals surface area contributed by atoms with Crippen molar-refractivity contribution < 1.29 is 9.21 Å². The lowest BCUT2D eigenvalue weighted by molar-refractivity contribution is 0.0943. The molecular weight excluding hydrogens is 242 g/mol. The summed E-state index contributed by atoms with van der Waals surface area (Å²) in [4.78, 5) is 15.6. The van der Waals surface area contributed by atoms with Crippen molar-refractivity contribution in [1.29, 1.82) is 0 Å². The van der Waals surface area contributed by atoms with Gasteiger partial charge in [-0.15, -0.1) is 0 Å². The molecule has 5 heteroatoms. The van der Waals surface area contributed by atoms with E-state index in [9.17, 15) is 4.79 Å². The number of anilines is 1. The minimum absolute atomic E-state index is 0.0585. The number of carbonyl (C=O) groups excluding carboxylic acids is 1. The van der Waals surface area contributed by atoms with Gasteiger partial charge in [0, 0.05) is 17.3 Å². The molecule has 5 nitrogen and oxygen atoms in total. The molecule has 0 aliphatic carbocycles. The van der Waals surface area contributed by atoms with Crippen molar-refractivity contribution in [2.45, 2.75) is 26.4 Å². The van der Waals surface area contributed by atoms with Crippen LogP contribution in [0.5, 0.6) is 0 Å². The van der Waals surface area contributed by atoms with Crippen LogP contribution in [0.2, 0.25) is 0 Å². The van der Waals surface area contributed by atoms with Crippen LogP contribution in [0.3, 0.4) is 0 Å². The lowest BCUT2D eigenvalue weighted by Gasteiger charge is -2.09. The zero-order chi connectivity index (χ0) is 13.7. The summed E-state index contributed by atoms with van der Waals surface area (Å²) >= 11 is 0. The number of nitrogens with one attached hydrogen (secondary N) is 2. The van der Waals surface area contributed by atoms with E-state index in [1.54, 1.807) is 18.3 Å². The third-order valence-corrected chi connectivity index (χ3v) is 2.52.